The predicted octanol–water partition coefficient (Wildman–Crippen LogP) is 2.10. The van der Waals surface area contributed by atoms with Crippen LogP contribution in [0.3, 0.4) is 0 Å². The lowest BCUT2D eigenvalue weighted by Crippen LogP contribution is -2.40. The van der Waals surface area contributed by atoms with Crippen LogP contribution >= 0.6 is 0 Å². The van der Waals surface area contributed by atoms with Crippen LogP contribution in [0.5, 0.6) is 0 Å². The monoisotopic (exact) mass is 275 g/mol. The molecule has 0 aromatic heterocycles. The molecule has 20 heavy (non-hydrogen) atoms. The summed E-state index contributed by atoms with van der Waals surface area (Å²) >= 11 is 0. The molecule has 5 nitrogen and oxygen atoms in total. The third-order valence-electron chi connectivity index (χ3n) is 3.85. The van der Waals surface area contributed by atoms with Gasteiger partial charge in [-0.05, 0) is 43.0 Å². The molecule has 0 radical (unpaired) electrons. The van der Waals surface area contributed by atoms with Gasteiger partial charge in [0.05, 0.1) is 0 Å². The molecule has 0 unspecified atom stereocenters. The molecule has 1 aliphatic rings. The van der Waals surface area contributed by atoms with Crippen molar-refractivity contribution in [3.63, 3.8) is 0 Å². The molecule has 108 valence electrons. The van der Waals surface area contributed by atoms with Gasteiger partial charge >= 0.3 is 0 Å². The quantitative estimate of drug-likeness (QED) is 0.769. The highest BCUT2D eigenvalue weighted by Crippen LogP contribution is 2.43. The van der Waals surface area contributed by atoms with Crippen LogP contribution in [0.4, 0.5) is 11.4 Å². The summed E-state index contributed by atoms with van der Waals surface area (Å²) in [6.45, 7) is 2.01. The standard InChI is InChI=1S/C15H21N3O2/c1-11(19)17-12-4-2-5-13(8-12)18-14(20)9-15(10-16)6-3-7-15/h2,4-5,8H,3,6-7,9-10,16H2,1H3,(H,17,19)(H,18,20). The highest BCUT2D eigenvalue weighted by Gasteiger charge is 2.37. The molecule has 5 heteroatoms. The maximum absolute atomic E-state index is 12.1. The minimum Gasteiger partial charge on any atom is -0.330 e. The number of nitrogens with one attached hydrogen (secondary N) is 2. The Morgan fingerprint density at radius 1 is 1.25 bits per heavy atom. The number of rotatable bonds is 5. The minimum atomic E-state index is -0.134. The predicted molar refractivity (Wildman–Crippen MR) is 79.3 cm³/mol. The Kier molecular flexibility index (Phi) is 4.39. The van der Waals surface area contributed by atoms with Crippen molar-refractivity contribution in [2.75, 3.05) is 17.2 Å². The van der Waals surface area contributed by atoms with Crippen molar-refractivity contribution in [3.05, 3.63) is 24.3 Å². The molecule has 1 aliphatic carbocycles. The average molecular weight is 275 g/mol. The second-order valence-corrected chi connectivity index (χ2v) is 5.54. The third kappa shape index (κ3) is 3.57. The molecule has 0 heterocycles. The molecule has 0 spiro atoms. The van der Waals surface area contributed by atoms with Crippen molar-refractivity contribution in [2.45, 2.75) is 32.6 Å². The van der Waals surface area contributed by atoms with E-state index in [1.165, 1.54) is 6.92 Å². The third-order valence-corrected chi connectivity index (χ3v) is 3.85. The number of hydrogen-bond acceptors (Lipinski definition) is 3. The molecule has 0 atom stereocenters. The van der Waals surface area contributed by atoms with Gasteiger partial charge < -0.3 is 16.4 Å². The number of nitrogens with two attached hydrogens (primary N) is 1. The SMILES string of the molecule is CC(=O)Nc1cccc(NC(=O)CC2(CN)CCC2)c1. The van der Waals surface area contributed by atoms with Crippen molar-refractivity contribution < 1.29 is 9.59 Å². The first kappa shape index (κ1) is 14.5. The van der Waals surface area contributed by atoms with Gasteiger partial charge in [0, 0.05) is 24.7 Å². The highest BCUT2D eigenvalue weighted by molar-refractivity contribution is 5.93. The van der Waals surface area contributed by atoms with E-state index in [9.17, 15) is 9.59 Å². The van der Waals surface area contributed by atoms with Crippen molar-refractivity contribution >= 4 is 23.2 Å². The molecular weight excluding hydrogens is 254 g/mol. The van der Waals surface area contributed by atoms with E-state index in [4.69, 9.17) is 5.73 Å². The normalized spacial score (nSPS) is 16.1. The van der Waals surface area contributed by atoms with Crippen LogP contribution < -0.4 is 16.4 Å². The zero-order valence-corrected chi connectivity index (χ0v) is 11.7. The summed E-state index contributed by atoms with van der Waals surface area (Å²) in [5.74, 6) is -0.153. The van der Waals surface area contributed by atoms with Gasteiger partial charge in [0.2, 0.25) is 11.8 Å². The molecule has 1 aromatic carbocycles. The van der Waals surface area contributed by atoms with Gasteiger partial charge in [-0.15, -0.1) is 0 Å². The van der Waals surface area contributed by atoms with E-state index in [1.807, 2.05) is 0 Å². The highest BCUT2D eigenvalue weighted by atomic mass is 16.2. The lowest BCUT2D eigenvalue weighted by atomic mass is 9.66. The molecular formula is C15H21N3O2. The first-order chi connectivity index (χ1) is 9.53. The smallest absolute Gasteiger partial charge is 0.224 e. The first-order valence-electron chi connectivity index (χ1n) is 6.91. The van der Waals surface area contributed by atoms with Crippen LogP contribution in [-0.4, -0.2) is 18.4 Å². The molecule has 0 aliphatic heterocycles. The van der Waals surface area contributed by atoms with Crippen molar-refractivity contribution in [1.29, 1.82) is 0 Å². The Hall–Kier alpha value is -1.88. The van der Waals surface area contributed by atoms with E-state index in [0.29, 0.717) is 24.3 Å². The maximum Gasteiger partial charge on any atom is 0.224 e. The molecule has 2 amide bonds. The average Bonchev–Trinajstić information content (AvgIpc) is 2.33. The van der Waals surface area contributed by atoms with Gasteiger partial charge in [0.1, 0.15) is 0 Å². The topological polar surface area (TPSA) is 84.2 Å². The molecule has 4 N–H and O–H groups in total. The van der Waals surface area contributed by atoms with Gasteiger partial charge in [-0.25, -0.2) is 0 Å². The fraction of sp³-hybridized carbons (Fsp3) is 0.467. The van der Waals surface area contributed by atoms with E-state index < -0.39 is 0 Å². The Morgan fingerprint density at radius 3 is 2.40 bits per heavy atom. The summed E-state index contributed by atoms with van der Waals surface area (Å²) in [5, 5.41) is 5.56. The summed E-state index contributed by atoms with van der Waals surface area (Å²) in [6.07, 6.45) is 3.68. The van der Waals surface area contributed by atoms with Crippen molar-refractivity contribution in [1.82, 2.24) is 0 Å². The Balaban J connectivity index is 1.95. The van der Waals surface area contributed by atoms with E-state index in [-0.39, 0.29) is 17.2 Å². The summed E-state index contributed by atoms with van der Waals surface area (Å²) in [7, 11) is 0. The summed E-state index contributed by atoms with van der Waals surface area (Å²) in [4.78, 5) is 23.1. The van der Waals surface area contributed by atoms with Crippen LogP contribution in [0.15, 0.2) is 24.3 Å². The van der Waals surface area contributed by atoms with Gasteiger partial charge in [0.25, 0.3) is 0 Å². The maximum atomic E-state index is 12.1. The Morgan fingerprint density at radius 2 is 1.90 bits per heavy atom. The van der Waals surface area contributed by atoms with Crippen molar-refractivity contribution in [3.8, 4) is 0 Å². The largest absolute Gasteiger partial charge is 0.330 e. The Labute approximate surface area is 118 Å². The van der Waals surface area contributed by atoms with Crippen LogP contribution in [0.25, 0.3) is 0 Å². The second kappa shape index (κ2) is 6.05. The van der Waals surface area contributed by atoms with Gasteiger partial charge in [-0.3, -0.25) is 9.59 Å². The van der Waals surface area contributed by atoms with Crippen molar-refractivity contribution in [2.24, 2.45) is 11.1 Å². The Bertz CT molecular complexity index is 504. The van der Waals surface area contributed by atoms with E-state index in [0.717, 1.165) is 19.3 Å². The van der Waals surface area contributed by atoms with Gasteiger partial charge in [0.15, 0.2) is 0 Å². The number of benzene rings is 1. The number of carbonyl (C=O) groups is 2. The second-order valence-electron chi connectivity index (χ2n) is 5.54. The first-order valence-corrected chi connectivity index (χ1v) is 6.91. The fourth-order valence-electron chi connectivity index (χ4n) is 2.55. The van der Waals surface area contributed by atoms with E-state index >= 15 is 0 Å². The molecule has 0 bridgehead atoms. The van der Waals surface area contributed by atoms with Crippen LogP contribution in [0.1, 0.15) is 32.6 Å². The number of carbonyl (C=O) groups excluding carboxylic acids is 2. The van der Waals surface area contributed by atoms with Gasteiger partial charge in [-0.2, -0.15) is 0 Å². The summed E-state index contributed by atoms with van der Waals surface area (Å²) in [5.41, 5.74) is 7.12. The number of anilines is 2. The van der Waals surface area contributed by atoms with E-state index in [2.05, 4.69) is 10.6 Å². The van der Waals surface area contributed by atoms with E-state index in [1.54, 1.807) is 24.3 Å². The fourth-order valence-corrected chi connectivity index (χ4v) is 2.55. The summed E-state index contributed by atoms with van der Waals surface area (Å²) < 4.78 is 0. The van der Waals surface area contributed by atoms with Crippen LogP contribution in [0, 0.1) is 5.41 Å². The molecule has 2 rings (SSSR count). The summed E-state index contributed by atoms with van der Waals surface area (Å²) in [6, 6.07) is 7.13. The number of hydrogen-bond donors (Lipinski definition) is 3. The molecule has 0 saturated heterocycles. The minimum absolute atomic E-state index is 0.000667. The zero-order valence-electron chi connectivity index (χ0n) is 11.7. The molecule has 1 aromatic rings. The lowest BCUT2D eigenvalue weighted by molar-refractivity contribution is -0.119. The lowest BCUT2D eigenvalue weighted by Gasteiger charge is -2.40. The van der Waals surface area contributed by atoms with Crippen LogP contribution in [-0.2, 0) is 9.59 Å². The zero-order chi connectivity index (χ0) is 14.6. The molecule has 1 fully saturated rings. The van der Waals surface area contributed by atoms with Gasteiger partial charge in [-0.1, -0.05) is 12.5 Å². The number of amides is 2. The molecule has 1 saturated carbocycles. The van der Waals surface area contributed by atoms with Crippen LogP contribution in [0.2, 0.25) is 0 Å².